The van der Waals surface area contributed by atoms with E-state index in [9.17, 15) is 18.0 Å². The molecule has 2 aromatic rings. The number of sulfonamides is 1. The number of thiophene rings is 1. The number of carbonyl (C=O) groups excluding carboxylic acids is 2. The second-order valence-electron chi connectivity index (χ2n) is 5.77. The second-order valence-corrected chi connectivity index (χ2v) is 8.83. The fourth-order valence-electron chi connectivity index (χ4n) is 2.88. The van der Waals surface area contributed by atoms with Gasteiger partial charge in [-0.05, 0) is 42.5 Å². The Morgan fingerprint density at radius 3 is 2.77 bits per heavy atom. The van der Waals surface area contributed by atoms with Gasteiger partial charge in [0.15, 0.2) is 0 Å². The number of benzene rings is 1. The van der Waals surface area contributed by atoms with Crippen molar-refractivity contribution in [3.8, 4) is 0 Å². The molecule has 2 heterocycles. The third kappa shape index (κ3) is 3.64. The van der Waals surface area contributed by atoms with Gasteiger partial charge in [-0.1, -0.05) is 12.1 Å². The smallest absolute Gasteiger partial charge is 0.337 e. The van der Waals surface area contributed by atoms with Gasteiger partial charge in [0, 0.05) is 12.2 Å². The number of esters is 1. The third-order valence-corrected chi connectivity index (χ3v) is 7.40. The van der Waals surface area contributed by atoms with Gasteiger partial charge in [-0.2, -0.15) is 4.31 Å². The van der Waals surface area contributed by atoms with E-state index >= 15 is 0 Å². The van der Waals surface area contributed by atoms with Crippen LogP contribution in [0.5, 0.6) is 0 Å². The lowest BCUT2D eigenvalue weighted by molar-refractivity contribution is -0.119. The van der Waals surface area contributed by atoms with Gasteiger partial charge in [-0.25, -0.2) is 13.2 Å². The zero-order valence-electron chi connectivity index (χ0n) is 14.0. The first-order chi connectivity index (χ1) is 12.4. The molecule has 1 unspecified atom stereocenters. The van der Waals surface area contributed by atoms with E-state index in [0.29, 0.717) is 30.6 Å². The Bertz CT molecular complexity index is 909. The Labute approximate surface area is 155 Å². The summed E-state index contributed by atoms with van der Waals surface area (Å²) in [5, 5.41) is 4.39. The fourth-order valence-corrected chi connectivity index (χ4v) is 5.66. The molecule has 0 radical (unpaired) electrons. The van der Waals surface area contributed by atoms with Crippen LogP contribution >= 0.6 is 11.3 Å². The predicted octanol–water partition coefficient (Wildman–Crippen LogP) is 2.33. The summed E-state index contributed by atoms with van der Waals surface area (Å²) in [7, 11) is -2.41. The minimum Gasteiger partial charge on any atom is -0.465 e. The molecule has 1 saturated heterocycles. The van der Waals surface area contributed by atoms with Crippen LogP contribution in [0.15, 0.2) is 46.0 Å². The monoisotopic (exact) mass is 394 g/mol. The van der Waals surface area contributed by atoms with Gasteiger partial charge in [0.25, 0.3) is 10.0 Å². The number of hydrogen-bond donors (Lipinski definition) is 1. The summed E-state index contributed by atoms with van der Waals surface area (Å²) >= 11 is 1.13. The molecule has 1 aromatic heterocycles. The van der Waals surface area contributed by atoms with Crippen molar-refractivity contribution >= 4 is 38.9 Å². The first-order valence-corrected chi connectivity index (χ1v) is 10.3. The topological polar surface area (TPSA) is 92.8 Å². The summed E-state index contributed by atoms with van der Waals surface area (Å²) in [6, 6.07) is 8.76. The van der Waals surface area contributed by atoms with E-state index in [4.69, 9.17) is 0 Å². The standard InChI is InChI=1S/C17H18N2O5S2/c1-24-17(21)12-5-2-6-13(11-12)18-16(20)14-7-3-9-19(14)26(22,23)15-8-4-10-25-15/h2,4-6,8,10-11,14H,3,7,9H2,1H3,(H,18,20). The molecule has 1 aliphatic heterocycles. The van der Waals surface area contributed by atoms with Crippen molar-refractivity contribution in [3.05, 3.63) is 47.3 Å². The van der Waals surface area contributed by atoms with Crippen LogP contribution in [0, 0.1) is 0 Å². The Hall–Kier alpha value is -2.23. The van der Waals surface area contributed by atoms with Crippen LogP contribution in [0.2, 0.25) is 0 Å². The molecule has 1 amide bonds. The summed E-state index contributed by atoms with van der Waals surface area (Å²) in [6.07, 6.45) is 1.07. The van der Waals surface area contributed by atoms with Gasteiger partial charge < -0.3 is 10.1 Å². The molecular formula is C17H18N2O5S2. The van der Waals surface area contributed by atoms with E-state index in [2.05, 4.69) is 10.1 Å². The van der Waals surface area contributed by atoms with Crippen LogP contribution in [0.4, 0.5) is 5.69 Å². The second kappa shape index (κ2) is 7.56. The molecule has 1 aromatic carbocycles. The van der Waals surface area contributed by atoms with Crippen LogP contribution < -0.4 is 5.32 Å². The summed E-state index contributed by atoms with van der Waals surface area (Å²) in [5.41, 5.74) is 0.720. The molecule has 9 heteroatoms. The van der Waals surface area contributed by atoms with Crippen LogP contribution in [0.1, 0.15) is 23.2 Å². The highest BCUT2D eigenvalue weighted by molar-refractivity contribution is 7.91. The van der Waals surface area contributed by atoms with Gasteiger partial charge in [-0.3, -0.25) is 4.79 Å². The number of amides is 1. The van der Waals surface area contributed by atoms with E-state index in [1.165, 1.54) is 23.5 Å². The van der Waals surface area contributed by atoms with Crippen LogP contribution in [0.3, 0.4) is 0 Å². The minimum atomic E-state index is -3.69. The van der Waals surface area contributed by atoms with Crippen molar-refractivity contribution in [1.29, 1.82) is 0 Å². The zero-order chi connectivity index (χ0) is 18.7. The number of ether oxygens (including phenoxy) is 1. The molecule has 7 nitrogen and oxygen atoms in total. The zero-order valence-corrected chi connectivity index (χ0v) is 15.7. The average molecular weight is 394 g/mol. The molecule has 3 rings (SSSR count). The van der Waals surface area contributed by atoms with Crippen molar-refractivity contribution < 1.29 is 22.7 Å². The molecule has 0 bridgehead atoms. The Morgan fingerprint density at radius 2 is 2.08 bits per heavy atom. The quantitative estimate of drug-likeness (QED) is 0.786. The summed E-state index contributed by atoms with van der Waals surface area (Å²) in [6.45, 7) is 0.306. The number of nitrogens with zero attached hydrogens (tertiary/aromatic N) is 1. The first-order valence-electron chi connectivity index (χ1n) is 7.98. The normalized spacial score (nSPS) is 17.8. The van der Waals surface area contributed by atoms with E-state index in [-0.39, 0.29) is 4.21 Å². The summed E-state index contributed by atoms with van der Waals surface area (Å²) in [5.74, 6) is -0.923. The lowest BCUT2D eigenvalue weighted by Crippen LogP contribution is -2.42. The van der Waals surface area contributed by atoms with E-state index in [0.717, 1.165) is 11.3 Å². The molecule has 0 aliphatic carbocycles. The van der Waals surface area contributed by atoms with Gasteiger partial charge >= 0.3 is 5.97 Å². The lowest BCUT2D eigenvalue weighted by atomic mass is 10.2. The highest BCUT2D eigenvalue weighted by atomic mass is 32.2. The van der Waals surface area contributed by atoms with E-state index < -0.39 is 27.9 Å². The number of nitrogens with one attached hydrogen (secondary N) is 1. The van der Waals surface area contributed by atoms with Gasteiger partial charge in [0.1, 0.15) is 10.3 Å². The van der Waals surface area contributed by atoms with Gasteiger partial charge in [0.2, 0.25) is 5.91 Å². The fraction of sp³-hybridized carbons (Fsp3) is 0.294. The maximum Gasteiger partial charge on any atom is 0.337 e. The average Bonchev–Trinajstić information content (AvgIpc) is 3.33. The SMILES string of the molecule is COC(=O)c1cccc(NC(=O)C2CCCN2S(=O)(=O)c2cccs2)c1. The van der Waals surface area contributed by atoms with Crippen molar-refractivity contribution in [2.24, 2.45) is 0 Å². The molecule has 138 valence electrons. The maximum atomic E-state index is 12.7. The third-order valence-electron chi connectivity index (χ3n) is 4.12. The Balaban J connectivity index is 1.78. The van der Waals surface area contributed by atoms with Crippen LogP contribution in [-0.2, 0) is 19.6 Å². The molecule has 1 atom stereocenters. The highest BCUT2D eigenvalue weighted by Crippen LogP contribution is 2.29. The molecule has 0 saturated carbocycles. The first kappa shape index (κ1) is 18.6. The van der Waals surface area contributed by atoms with Crippen molar-refractivity contribution in [3.63, 3.8) is 0 Å². The number of anilines is 1. The minimum absolute atomic E-state index is 0.227. The maximum absolute atomic E-state index is 12.7. The van der Waals surface area contributed by atoms with Crippen LogP contribution in [-0.4, -0.2) is 44.3 Å². The molecule has 26 heavy (non-hydrogen) atoms. The number of methoxy groups -OCH3 is 1. The predicted molar refractivity (Wildman–Crippen MR) is 97.6 cm³/mol. The number of carbonyl (C=O) groups is 2. The Morgan fingerprint density at radius 1 is 1.27 bits per heavy atom. The number of hydrogen-bond acceptors (Lipinski definition) is 6. The lowest BCUT2D eigenvalue weighted by Gasteiger charge is -2.22. The number of rotatable bonds is 5. The molecule has 0 spiro atoms. The Kier molecular flexibility index (Phi) is 5.40. The summed E-state index contributed by atoms with van der Waals surface area (Å²) in [4.78, 5) is 24.3. The van der Waals surface area contributed by atoms with Gasteiger partial charge in [0.05, 0.1) is 12.7 Å². The van der Waals surface area contributed by atoms with Crippen molar-refractivity contribution in [2.45, 2.75) is 23.1 Å². The summed E-state index contributed by atoms with van der Waals surface area (Å²) < 4.78 is 31.6. The van der Waals surface area contributed by atoms with Gasteiger partial charge in [-0.15, -0.1) is 11.3 Å². The molecular weight excluding hydrogens is 376 g/mol. The molecule has 1 N–H and O–H groups in total. The molecule has 1 fully saturated rings. The van der Waals surface area contributed by atoms with Crippen molar-refractivity contribution in [1.82, 2.24) is 4.31 Å². The highest BCUT2D eigenvalue weighted by Gasteiger charge is 2.39. The van der Waals surface area contributed by atoms with E-state index in [1.807, 2.05) is 0 Å². The van der Waals surface area contributed by atoms with E-state index in [1.54, 1.807) is 29.6 Å². The molecule has 1 aliphatic rings. The largest absolute Gasteiger partial charge is 0.465 e. The van der Waals surface area contributed by atoms with Crippen molar-refractivity contribution in [2.75, 3.05) is 19.0 Å². The van der Waals surface area contributed by atoms with Crippen LogP contribution in [0.25, 0.3) is 0 Å².